The molecule has 2 aromatic heterocycles. The van der Waals surface area contributed by atoms with Crippen molar-refractivity contribution in [3.63, 3.8) is 0 Å². The molecule has 2 aliphatic rings. The number of hydrogen-bond acceptors (Lipinski definition) is 4. The van der Waals surface area contributed by atoms with Gasteiger partial charge in [-0.15, -0.1) is 0 Å². The molecule has 4 heterocycles. The van der Waals surface area contributed by atoms with E-state index in [0.29, 0.717) is 34.2 Å². The molecule has 2 saturated heterocycles. The van der Waals surface area contributed by atoms with Crippen LogP contribution in [0.1, 0.15) is 32.1 Å². The molecule has 0 aliphatic carbocycles. The Morgan fingerprint density at radius 2 is 1.89 bits per heavy atom. The van der Waals surface area contributed by atoms with Gasteiger partial charge < -0.3 is 9.47 Å². The summed E-state index contributed by atoms with van der Waals surface area (Å²) in [5.41, 5.74) is 1.64. The lowest BCUT2D eigenvalue weighted by Crippen LogP contribution is -2.53. The van der Waals surface area contributed by atoms with Gasteiger partial charge in [0.1, 0.15) is 11.6 Å². The molecule has 7 heteroatoms. The second kappa shape index (κ2) is 6.50. The number of carbonyl (C=O) groups is 1. The summed E-state index contributed by atoms with van der Waals surface area (Å²) in [5, 5.41) is 1.86. The molecule has 138 valence electrons. The molecule has 2 bridgehead atoms. The predicted octanol–water partition coefficient (Wildman–Crippen LogP) is 4.82. The fraction of sp³-hybridized carbons (Fsp3) is 0.350. The first-order chi connectivity index (χ1) is 13.1. The maximum absolute atomic E-state index is 12.1. The van der Waals surface area contributed by atoms with Crippen LogP contribution in [0.3, 0.4) is 0 Å². The number of anilines is 1. The number of fused-ring (bicyclic) bond motifs is 3. The average molecular weight is 401 g/mol. The number of piperidine rings is 2. The highest BCUT2D eigenvalue weighted by molar-refractivity contribution is 6.45. The average Bonchev–Trinajstić information content (AvgIpc) is 3.18. The molecule has 5 nitrogen and oxygen atoms in total. The third-order valence-electron chi connectivity index (χ3n) is 5.67. The number of ketones is 1. The lowest BCUT2D eigenvalue weighted by molar-refractivity contribution is -0.121. The zero-order chi connectivity index (χ0) is 18.5. The van der Waals surface area contributed by atoms with Crippen LogP contribution in [0.4, 0.5) is 5.82 Å². The Morgan fingerprint density at radius 1 is 1.11 bits per heavy atom. The van der Waals surface area contributed by atoms with E-state index in [1.165, 1.54) is 0 Å². The number of imidazole rings is 1. The van der Waals surface area contributed by atoms with Crippen molar-refractivity contribution in [1.82, 2.24) is 14.5 Å². The minimum Gasteiger partial charge on any atom is -0.350 e. The second-order valence-corrected chi connectivity index (χ2v) is 8.10. The summed E-state index contributed by atoms with van der Waals surface area (Å²) in [6.07, 6.45) is 9.81. The van der Waals surface area contributed by atoms with Crippen LogP contribution in [-0.2, 0) is 4.79 Å². The molecule has 5 rings (SSSR count). The van der Waals surface area contributed by atoms with E-state index in [1.807, 2.05) is 16.8 Å². The van der Waals surface area contributed by atoms with Crippen molar-refractivity contribution in [3.8, 4) is 5.69 Å². The number of benzene rings is 1. The van der Waals surface area contributed by atoms with Crippen LogP contribution in [0.5, 0.6) is 0 Å². The van der Waals surface area contributed by atoms with Gasteiger partial charge in [0.15, 0.2) is 0 Å². The first-order valence-corrected chi connectivity index (χ1v) is 9.94. The van der Waals surface area contributed by atoms with Crippen LogP contribution in [0, 0.1) is 0 Å². The van der Waals surface area contributed by atoms with E-state index < -0.39 is 0 Å². The van der Waals surface area contributed by atoms with Crippen molar-refractivity contribution in [2.24, 2.45) is 0 Å². The van der Waals surface area contributed by atoms with Crippen molar-refractivity contribution >= 4 is 45.7 Å². The van der Waals surface area contributed by atoms with Gasteiger partial charge in [0, 0.05) is 48.8 Å². The standard InChI is InChI=1S/C20H18Cl2N4O/c21-16-5-4-15-17(25-7-6-23-11-25)10-18(24-20(15)19(16)22)26-12-2-1-3-13(26)9-14(27)8-12/h4-7,10-13H,1-3,8-9H2. The first-order valence-electron chi connectivity index (χ1n) is 9.19. The number of Topliss-reactive ketones (excluding diaryl/α,β-unsaturated/α-hetero) is 1. The molecule has 2 fully saturated rings. The highest BCUT2D eigenvalue weighted by atomic mass is 35.5. The maximum Gasteiger partial charge on any atom is 0.137 e. The number of hydrogen-bond donors (Lipinski definition) is 0. The van der Waals surface area contributed by atoms with Gasteiger partial charge in [-0.05, 0) is 31.4 Å². The molecule has 0 spiro atoms. The normalized spacial score (nSPS) is 22.4. The molecule has 0 saturated carbocycles. The predicted molar refractivity (Wildman–Crippen MR) is 107 cm³/mol. The lowest BCUT2D eigenvalue weighted by atomic mass is 9.84. The molecule has 3 aromatic rings. The van der Waals surface area contributed by atoms with Crippen LogP contribution >= 0.6 is 23.2 Å². The Labute approximate surface area is 166 Å². The zero-order valence-corrected chi connectivity index (χ0v) is 16.1. The number of nitrogens with zero attached hydrogens (tertiary/aromatic N) is 4. The highest BCUT2D eigenvalue weighted by Gasteiger charge is 2.38. The fourth-order valence-electron chi connectivity index (χ4n) is 4.50. The minimum absolute atomic E-state index is 0.212. The molecule has 2 atom stereocenters. The summed E-state index contributed by atoms with van der Waals surface area (Å²) in [7, 11) is 0. The van der Waals surface area contributed by atoms with Crippen molar-refractivity contribution in [2.75, 3.05) is 4.90 Å². The van der Waals surface area contributed by atoms with Crippen LogP contribution < -0.4 is 4.90 Å². The Balaban J connectivity index is 1.73. The number of pyridine rings is 1. The summed E-state index contributed by atoms with van der Waals surface area (Å²) in [4.78, 5) is 23.5. The molecule has 0 N–H and O–H groups in total. The Morgan fingerprint density at radius 3 is 2.59 bits per heavy atom. The quantitative estimate of drug-likeness (QED) is 0.618. The van der Waals surface area contributed by atoms with E-state index in [4.69, 9.17) is 28.2 Å². The number of carbonyl (C=O) groups excluding carboxylic acids is 1. The third kappa shape index (κ3) is 2.80. The highest BCUT2D eigenvalue weighted by Crippen LogP contribution is 2.39. The Kier molecular flexibility index (Phi) is 4.10. The van der Waals surface area contributed by atoms with E-state index in [9.17, 15) is 4.79 Å². The number of aromatic nitrogens is 3. The van der Waals surface area contributed by atoms with E-state index >= 15 is 0 Å². The van der Waals surface area contributed by atoms with Gasteiger partial charge in [-0.2, -0.15) is 0 Å². The molecular formula is C20H18Cl2N4O. The SMILES string of the molecule is O=C1CC2CCCC(C1)N2c1cc(-n2ccnc2)c2ccc(Cl)c(Cl)c2n1. The molecule has 1 aromatic carbocycles. The van der Waals surface area contributed by atoms with Crippen LogP contribution in [0.25, 0.3) is 16.6 Å². The zero-order valence-electron chi connectivity index (χ0n) is 14.6. The third-order valence-corrected chi connectivity index (χ3v) is 6.47. The summed E-state index contributed by atoms with van der Waals surface area (Å²) >= 11 is 12.8. The molecular weight excluding hydrogens is 383 g/mol. The van der Waals surface area contributed by atoms with Gasteiger partial charge in [0.2, 0.25) is 0 Å². The number of halogens is 2. The summed E-state index contributed by atoms with van der Waals surface area (Å²) < 4.78 is 1.96. The van der Waals surface area contributed by atoms with Crippen molar-refractivity contribution in [3.05, 3.63) is 47.0 Å². The van der Waals surface area contributed by atoms with Gasteiger partial charge in [0.05, 0.1) is 27.6 Å². The van der Waals surface area contributed by atoms with Gasteiger partial charge in [-0.3, -0.25) is 4.79 Å². The Bertz CT molecular complexity index is 1020. The smallest absolute Gasteiger partial charge is 0.137 e. The first kappa shape index (κ1) is 17.0. The Hall–Kier alpha value is -2.11. The maximum atomic E-state index is 12.1. The van der Waals surface area contributed by atoms with E-state index in [2.05, 4.69) is 16.0 Å². The van der Waals surface area contributed by atoms with Crippen molar-refractivity contribution in [1.29, 1.82) is 0 Å². The molecule has 2 aliphatic heterocycles. The largest absolute Gasteiger partial charge is 0.350 e. The van der Waals surface area contributed by atoms with E-state index in [-0.39, 0.29) is 12.1 Å². The number of rotatable bonds is 2. The minimum atomic E-state index is 0.212. The van der Waals surface area contributed by atoms with Crippen molar-refractivity contribution in [2.45, 2.75) is 44.2 Å². The van der Waals surface area contributed by atoms with Crippen molar-refractivity contribution < 1.29 is 4.79 Å². The monoisotopic (exact) mass is 400 g/mol. The van der Waals surface area contributed by atoms with Gasteiger partial charge >= 0.3 is 0 Å². The summed E-state index contributed by atoms with van der Waals surface area (Å²) in [5.74, 6) is 1.22. The molecule has 0 radical (unpaired) electrons. The second-order valence-electron chi connectivity index (χ2n) is 7.32. The topological polar surface area (TPSA) is 51.0 Å². The van der Waals surface area contributed by atoms with E-state index in [1.54, 1.807) is 18.6 Å². The molecule has 0 amide bonds. The lowest BCUT2D eigenvalue weighted by Gasteiger charge is -2.46. The van der Waals surface area contributed by atoms with Crippen LogP contribution in [0.2, 0.25) is 10.0 Å². The fourth-order valence-corrected chi connectivity index (χ4v) is 4.86. The summed E-state index contributed by atoms with van der Waals surface area (Å²) in [6.45, 7) is 0. The molecule has 2 unspecified atom stereocenters. The van der Waals surface area contributed by atoms with E-state index in [0.717, 1.165) is 36.2 Å². The molecule has 27 heavy (non-hydrogen) atoms. The van der Waals surface area contributed by atoms with Gasteiger partial charge in [-0.1, -0.05) is 23.2 Å². The van der Waals surface area contributed by atoms with Gasteiger partial charge in [-0.25, -0.2) is 9.97 Å². The summed E-state index contributed by atoms with van der Waals surface area (Å²) in [6, 6.07) is 6.24. The van der Waals surface area contributed by atoms with Gasteiger partial charge in [0.25, 0.3) is 0 Å². The van der Waals surface area contributed by atoms with Crippen LogP contribution in [0.15, 0.2) is 36.9 Å². The van der Waals surface area contributed by atoms with Crippen LogP contribution in [-0.4, -0.2) is 32.4 Å².